The largest absolute Gasteiger partial charge is 0.506 e. The van der Waals surface area contributed by atoms with Crippen LogP contribution >= 0.6 is 0 Å². The lowest BCUT2D eigenvalue weighted by atomic mass is 9.79. The number of aliphatic hydroxyl groups excluding tert-OH is 1. The summed E-state index contributed by atoms with van der Waals surface area (Å²) in [7, 11) is 0. The number of rotatable bonds is 5. The molecule has 0 aromatic carbocycles. The van der Waals surface area contributed by atoms with Crippen LogP contribution in [0.1, 0.15) is 31.4 Å². The van der Waals surface area contributed by atoms with Gasteiger partial charge >= 0.3 is 0 Å². The first-order valence-electron chi connectivity index (χ1n) is 6.75. The van der Waals surface area contributed by atoms with Crippen LogP contribution in [0.4, 0.5) is 0 Å². The van der Waals surface area contributed by atoms with E-state index in [1.54, 1.807) is 6.07 Å². The van der Waals surface area contributed by atoms with E-state index in [2.05, 4.69) is 10.3 Å². The topological polar surface area (TPSA) is 65.4 Å². The van der Waals surface area contributed by atoms with Gasteiger partial charge in [0, 0.05) is 13.2 Å². The summed E-state index contributed by atoms with van der Waals surface area (Å²) in [5, 5.41) is 21.9. The average Bonchev–Trinajstić information content (AvgIpc) is 2.41. The third kappa shape index (κ3) is 3.68. The second kappa shape index (κ2) is 6.71. The SMILES string of the molecule is OCC1CCCCC1CNCc1ccc(O)cn1. The van der Waals surface area contributed by atoms with E-state index in [9.17, 15) is 5.11 Å². The highest BCUT2D eigenvalue weighted by atomic mass is 16.3. The third-order valence-electron chi connectivity index (χ3n) is 3.82. The summed E-state index contributed by atoms with van der Waals surface area (Å²) < 4.78 is 0. The second-order valence-corrected chi connectivity index (χ2v) is 5.13. The van der Waals surface area contributed by atoms with E-state index in [0.717, 1.165) is 25.2 Å². The van der Waals surface area contributed by atoms with Gasteiger partial charge in [-0.2, -0.15) is 0 Å². The lowest BCUT2D eigenvalue weighted by Gasteiger charge is -2.30. The first-order valence-corrected chi connectivity index (χ1v) is 6.75. The number of aromatic hydroxyl groups is 1. The van der Waals surface area contributed by atoms with Gasteiger partial charge in [0.15, 0.2) is 0 Å². The molecule has 3 N–H and O–H groups in total. The van der Waals surface area contributed by atoms with Gasteiger partial charge in [-0.05, 0) is 43.4 Å². The number of hydrogen-bond donors (Lipinski definition) is 3. The van der Waals surface area contributed by atoms with Crippen LogP contribution in [0.3, 0.4) is 0 Å². The minimum atomic E-state index is 0.200. The summed E-state index contributed by atoms with van der Waals surface area (Å²) in [6.07, 6.45) is 6.36. The van der Waals surface area contributed by atoms with Crippen LogP contribution in [0, 0.1) is 11.8 Å². The van der Waals surface area contributed by atoms with Gasteiger partial charge in [0.1, 0.15) is 5.75 Å². The van der Waals surface area contributed by atoms with Crippen molar-refractivity contribution in [3.05, 3.63) is 24.0 Å². The van der Waals surface area contributed by atoms with Gasteiger partial charge in [0.25, 0.3) is 0 Å². The molecule has 1 saturated carbocycles. The van der Waals surface area contributed by atoms with Crippen molar-refractivity contribution >= 4 is 0 Å². The van der Waals surface area contributed by atoms with Crippen LogP contribution in [-0.4, -0.2) is 28.3 Å². The van der Waals surface area contributed by atoms with Crippen LogP contribution in [-0.2, 0) is 6.54 Å². The van der Waals surface area contributed by atoms with Gasteiger partial charge < -0.3 is 15.5 Å². The Morgan fingerprint density at radius 1 is 1.22 bits per heavy atom. The Balaban J connectivity index is 1.75. The maximum Gasteiger partial charge on any atom is 0.133 e. The molecule has 4 nitrogen and oxygen atoms in total. The van der Waals surface area contributed by atoms with E-state index in [4.69, 9.17) is 5.11 Å². The molecule has 1 aromatic rings. The monoisotopic (exact) mass is 250 g/mol. The summed E-state index contributed by atoms with van der Waals surface area (Å²) in [5.41, 5.74) is 0.934. The van der Waals surface area contributed by atoms with Crippen molar-refractivity contribution in [1.29, 1.82) is 0 Å². The maximum absolute atomic E-state index is 9.34. The molecule has 2 atom stereocenters. The fourth-order valence-corrected chi connectivity index (χ4v) is 2.70. The van der Waals surface area contributed by atoms with Crippen LogP contribution in [0.15, 0.2) is 18.3 Å². The molecule has 0 spiro atoms. The molecular weight excluding hydrogens is 228 g/mol. The summed E-state index contributed by atoms with van der Waals surface area (Å²) in [6.45, 7) is 1.96. The summed E-state index contributed by atoms with van der Waals surface area (Å²) in [6, 6.07) is 3.48. The molecule has 0 aliphatic heterocycles. The zero-order chi connectivity index (χ0) is 12.8. The number of pyridine rings is 1. The lowest BCUT2D eigenvalue weighted by Crippen LogP contribution is -2.32. The molecule has 1 heterocycles. The molecule has 18 heavy (non-hydrogen) atoms. The van der Waals surface area contributed by atoms with Crippen LogP contribution < -0.4 is 5.32 Å². The Kier molecular flexibility index (Phi) is 4.96. The van der Waals surface area contributed by atoms with Gasteiger partial charge in [-0.25, -0.2) is 0 Å². The van der Waals surface area contributed by atoms with Crippen LogP contribution in [0.5, 0.6) is 5.75 Å². The maximum atomic E-state index is 9.34. The molecule has 0 saturated heterocycles. The van der Waals surface area contributed by atoms with Gasteiger partial charge in [0.05, 0.1) is 11.9 Å². The van der Waals surface area contributed by atoms with Gasteiger partial charge in [-0.1, -0.05) is 12.8 Å². The van der Waals surface area contributed by atoms with E-state index < -0.39 is 0 Å². The van der Waals surface area contributed by atoms with E-state index in [1.165, 1.54) is 25.5 Å². The molecule has 4 heteroatoms. The lowest BCUT2D eigenvalue weighted by molar-refractivity contribution is 0.133. The summed E-state index contributed by atoms with van der Waals surface area (Å²) in [5.74, 6) is 1.24. The van der Waals surface area contributed by atoms with Crippen LogP contribution in [0.2, 0.25) is 0 Å². The molecule has 2 unspecified atom stereocenters. The Morgan fingerprint density at radius 3 is 2.67 bits per heavy atom. The minimum Gasteiger partial charge on any atom is -0.506 e. The second-order valence-electron chi connectivity index (χ2n) is 5.13. The fraction of sp³-hybridized carbons (Fsp3) is 0.643. The van der Waals surface area contributed by atoms with Crippen molar-refractivity contribution < 1.29 is 10.2 Å². The Morgan fingerprint density at radius 2 is 2.00 bits per heavy atom. The van der Waals surface area contributed by atoms with Crippen molar-refractivity contribution in [3.63, 3.8) is 0 Å². The number of aliphatic hydroxyl groups is 1. The van der Waals surface area contributed by atoms with E-state index in [1.807, 2.05) is 6.07 Å². The van der Waals surface area contributed by atoms with Gasteiger partial charge in [-0.15, -0.1) is 0 Å². The molecule has 0 amide bonds. The van der Waals surface area contributed by atoms with Crippen molar-refractivity contribution in [1.82, 2.24) is 10.3 Å². The molecule has 100 valence electrons. The van der Waals surface area contributed by atoms with Crippen molar-refractivity contribution in [2.45, 2.75) is 32.2 Å². The Hall–Kier alpha value is -1.13. The van der Waals surface area contributed by atoms with Crippen molar-refractivity contribution in [2.24, 2.45) is 11.8 Å². The smallest absolute Gasteiger partial charge is 0.133 e. The fourth-order valence-electron chi connectivity index (χ4n) is 2.70. The molecule has 1 fully saturated rings. The number of nitrogens with one attached hydrogen (secondary N) is 1. The number of hydrogen-bond acceptors (Lipinski definition) is 4. The van der Waals surface area contributed by atoms with Gasteiger partial charge in [0.2, 0.25) is 0 Å². The molecule has 1 aliphatic rings. The van der Waals surface area contributed by atoms with Crippen molar-refractivity contribution in [2.75, 3.05) is 13.2 Å². The van der Waals surface area contributed by atoms with Crippen molar-refractivity contribution in [3.8, 4) is 5.75 Å². The molecule has 0 bridgehead atoms. The molecular formula is C14H22N2O2. The first-order chi connectivity index (χ1) is 8.79. The third-order valence-corrected chi connectivity index (χ3v) is 3.82. The average molecular weight is 250 g/mol. The molecule has 0 radical (unpaired) electrons. The Bertz CT molecular complexity index is 353. The predicted octanol–water partition coefficient (Wildman–Crippen LogP) is 1.68. The van der Waals surface area contributed by atoms with Crippen LogP contribution in [0.25, 0.3) is 0 Å². The highest BCUT2D eigenvalue weighted by molar-refractivity contribution is 5.17. The number of nitrogens with zero attached hydrogens (tertiary/aromatic N) is 1. The quantitative estimate of drug-likeness (QED) is 0.744. The zero-order valence-electron chi connectivity index (χ0n) is 10.7. The highest BCUT2D eigenvalue weighted by Crippen LogP contribution is 2.29. The standard InChI is InChI=1S/C14H22N2O2/c17-10-12-4-2-1-3-11(12)7-15-8-13-5-6-14(18)9-16-13/h5-6,9,11-12,15,17-18H,1-4,7-8,10H2. The molecule has 1 aliphatic carbocycles. The normalized spacial score (nSPS) is 24.1. The van der Waals surface area contributed by atoms with Gasteiger partial charge in [-0.3, -0.25) is 4.98 Å². The molecule has 1 aromatic heterocycles. The summed E-state index contributed by atoms with van der Waals surface area (Å²) >= 11 is 0. The molecule has 2 rings (SSSR count). The predicted molar refractivity (Wildman–Crippen MR) is 70.1 cm³/mol. The van der Waals surface area contributed by atoms with E-state index in [-0.39, 0.29) is 5.75 Å². The van der Waals surface area contributed by atoms with E-state index in [0.29, 0.717) is 18.4 Å². The Labute approximate surface area is 108 Å². The summed E-state index contributed by atoms with van der Waals surface area (Å²) in [4.78, 5) is 4.14. The van der Waals surface area contributed by atoms with E-state index >= 15 is 0 Å². The minimum absolute atomic E-state index is 0.200. The zero-order valence-corrected chi connectivity index (χ0v) is 10.7. The first kappa shape index (κ1) is 13.3. The number of aromatic nitrogens is 1. The highest BCUT2D eigenvalue weighted by Gasteiger charge is 2.23.